The lowest BCUT2D eigenvalue weighted by atomic mass is 10.2. The summed E-state index contributed by atoms with van der Waals surface area (Å²) in [7, 11) is -1.65. The summed E-state index contributed by atoms with van der Waals surface area (Å²) in [6.07, 6.45) is 0.994. The van der Waals surface area contributed by atoms with Crippen molar-refractivity contribution >= 4 is 16.0 Å². The molecule has 0 amide bonds. The van der Waals surface area contributed by atoms with Crippen molar-refractivity contribution < 1.29 is 8.42 Å². The number of nitrogens with one attached hydrogen (secondary N) is 3. The van der Waals surface area contributed by atoms with Crippen molar-refractivity contribution in [3.63, 3.8) is 0 Å². The lowest BCUT2D eigenvalue weighted by Crippen LogP contribution is -2.43. The fourth-order valence-electron chi connectivity index (χ4n) is 2.97. The van der Waals surface area contributed by atoms with Gasteiger partial charge in [0.25, 0.3) is 0 Å². The minimum Gasteiger partial charge on any atom is -0.356 e. The average Bonchev–Trinajstić information content (AvgIpc) is 2.65. The van der Waals surface area contributed by atoms with Crippen molar-refractivity contribution in [3.05, 3.63) is 35.9 Å². The molecule has 0 aromatic heterocycles. The summed E-state index contributed by atoms with van der Waals surface area (Å²) < 4.78 is 26.9. The maximum Gasteiger partial charge on any atom is 0.213 e. The van der Waals surface area contributed by atoms with Gasteiger partial charge in [-0.25, -0.2) is 13.1 Å². The van der Waals surface area contributed by atoms with Crippen LogP contribution >= 0.6 is 0 Å². The molecule has 0 fully saturated rings. The van der Waals surface area contributed by atoms with E-state index in [9.17, 15) is 8.42 Å². The Balaban J connectivity index is 2.28. The number of benzene rings is 1. The van der Waals surface area contributed by atoms with Crippen molar-refractivity contribution in [1.82, 2.24) is 20.3 Å². The molecular weight excluding hydrogens is 374 g/mol. The van der Waals surface area contributed by atoms with Crippen LogP contribution in [-0.2, 0) is 16.6 Å². The second-order valence-corrected chi connectivity index (χ2v) is 9.26. The molecule has 0 aliphatic carbocycles. The number of aliphatic imine (C=N–C) groups is 1. The summed E-state index contributed by atoms with van der Waals surface area (Å²) in [6.45, 7) is 11.2. The molecule has 0 heterocycles. The Labute approximate surface area is 171 Å². The maximum absolute atomic E-state index is 12.1. The molecule has 1 rings (SSSR count). The normalized spacial score (nSPS) is 12.8. The van der Waals surface area contributed by atoms with Crippen molar-refractivity contribution in [2.75, 3.05) is 32.4 Å². The lowest BCUT2D eigenvalue weighted by Gasteiger charge is -2.30. The van der Waals surface area contributed by atoms with Gasteiger partial charge < -0.3 is 10.6 Å². The fourth-order valence-corrected chi connectivity index (χ4v) is 3.87. The monoisotopic (exact) mass is 411 g/mol. The summed E-state index contributed by atoms with van der Waals surface area (Å²) in [4.78, 5) is 6.60. The first kappa shape index (κ1) is 24.4. The molecule has 0 bridgehead atoms. The Morgan fingerprint density at radius 2 is 1.64 bits per heavy atom. The first-order valence-electron chi connectivity index (χ1n) is 9.96. The third-order valence-corrected chi connectivity index (χ3v) is 5.76. The standard InChI is InChI=1S/C20H37N5O2S/c1-17(2)25(18(3)4)14-9-12-22-20(21-5)23-13-15-28(26,27)24-16-19-10-7-6-8-11-19/h6-8,10-11,17-18,24H,9,12-16H2,1-5H3,(H2,21,22,23). The van der Waals surface area contributed by atoms with E-state index in [-0.39, 0.29) is 5.75 Å². The number of rotatable bonds is 12. The van der Waals surface area contributed by atoms with Gasteiger partial charge in [-0.15, -0.1) is 0 Å². The van der Waals surface area contributed by atoms with Gasteiger partial charge in [0.2, 0.25) is 10.0 Å². The van der Waals surface area contributed by atoms with Gasteiger partial charge in [-0.2, -0.15) is 0 Å². The molecule has 0 radical (unpaired) electrons. The molecule has 1 aromatic carbocycles. The van der Waals surface area contributed by atoms with Gasteiger partial charge in [0.15, 0.2) is 5.96 Å². The highest BCUT2D eigenvalue weighted by Crippen LogP contribution is 2.05. The third kappa shape index (κ3) is 10.1. The minimum atomic E-state index is -3.34. The van der Waals surface area contributed by atoms with E-state index in [1.165, 1.54) is 0 Å². The predicted octanol–water partition coefficient (Wildman–Crippen LogP) is 1.78. The van der Waals surface area contributed by atoms with Crippen LogP contribution in [-0.4, -0.2) is 63.8 Å². The summed E-state index contributed by atoms with van der Waals surface area (Å²) in [5.74, 6) is 0.619. The highest BCUT2D eigenvalue weighted by molar-refractivity contribution is 7.89. The summed E-state index contributed by atoms with van der Waals surface area (Å²) in [5, 5.41) is 6.31. The van der Waals surface area contributed by atoms with Crippen LogP contribution in [0.2, 0.25) is 0 Å². The topological polar surface area (TPSA) is 85.8 Å². The van der Waals surface area contributed by atoms with Gasteiger partial charge in [0.05, 0.1) is 5.75 Å². The van der Waals surface area contributed by atoms with E-state index in [2.05, 4.69) is 52.9 Å². The van der Waals surface area contributed by atoms with Crippen LogP contribution in [0.15, 0.2) is 35.3 Å². The molecule has 0 unspecified atom stereocenters. The van der Waals surface area contributed by atoms with Crippen LogP contribution in [0.5, 0.6) is 0 Å². The van der Waals surface area contributed by atoms with Crippen molar-refractivity contribution in [2.45, 2.75) is 52.7 Å². The predicted molar refractivity (Wildman–Crippen MR) is 118 cm³/mol. The Morgan fingerprint density at radius 1 is 1.04 bits per heavy atom. The summed E-state index contributed by atoms with van der Waals surface area (Å²) in [6, 6.07) is 10.5. The molecule has 7 nitrogen and oxygen atoms in total. The van der Waals surface area contributed by atoms with Crippen molar-refractivity contribution in [1.29, 1.82) is 0 Å². The van der Waals surface area contributed by atoms with Crippen LogP contribution in [0.3, 0.4) is 0 Å². The largest absolute Gasteiger partial charge is 0.356 e. The van der Waals surface area contributed by atoms with Gasteiger partial charge in [-0.05, 0) is 39.7 Å². The zero-order valence-electron chi connectivity index (χ0n) is 17.9. The van der Waals surface area contributed by atoms with Gasteiger partial charge >= 0.3 is 0 Å². The molecule has 0 atom stereocenters. The van der Waals surface area contributed by atoms with Gasteiger partial charge in [0, 0.05) is 45.3 Å². The molecule has 160 valence electrons. The maximum atomic E-state index is 12.1. The van der Waals surface area contributed by atoms with Crippen LogP contribution in [0, 0.1) is 0 Å². The Kier molecular flexibility index (Phi) is 11.1. The summed E-state index contributed by atoms with van der Waals surface area (Å²) >= 11 is 0. The molecule has 0 saturated carbocycles. The summed E-state index contributed by atoms with van der Waals surface area (Å²) in [5.41, 5.74) is 0.938. The highest BCUT2D eigenvalue weighted by Gasteiger charge is 2.13. The molecule has 28 heavy (non-hydrogen) atoms. The van der Waals surface area contributed by atoms with E-state index >= 15 is 0 Å². The number of guanidine groups is 1. The third-order valence-electron chi connectivity index (χ3n) is 4.44. The van der Waals surface area contributed by atoms with Crippen LogP contribution in [0.25, 0.3) is 0 Å². The molecule has 0 spiro atoms. The molecular formula is C20H37N5O2S. The van der Waals surface area contributed by atoms with Gasteiger partial charge in [-0.3, -0.25) is 9.89 Å². The number of hydrogen-bond acceptors (Lipinski definition) is 4. The van der Waals surface area contributed by atoms with Crippen molar-refractivity contribution in [2.24, 2.45) is 4.99 Å². The number of sulfonamides is 1. The van der Waals surface area contributed by atoms with E-state index in [0.717, 1.165) is 25.1 Å². The Morgan fingerprint density at radius 3 is 2.21 bits per heavy atom. The van der Waals surface area contributed by atoms with Gasteiger partial charge in [-0.1, -0.05) is 30.3 Å². The Hall–Kier alpha value is -1.64. The quantitative estimate of drug-likeness (QED) is 0.277. The van der Waals surface area contributed by atoms with Crippen LogP contribution < -0.4 is 15.4 Å². The molecule has 1 aromatic rings. The first-order chi connectivity index (χ1) is 13.2. The molecule has 0 aliphatic rings. The van der Waals surface area contributed by atoms with Crippen molar-refractivity contribution in [3.8, 4) is 0 Å². The van der Waals surface area contributed by atoms with Crippen LogP contribution in [0.4, 0.5) is 0 Å². The zero-order chi connectivity index (χ0) is 21.0. The second kappa shape index (κ2) is 12.7. The minimum absolute atomic E-state index is 0.00495. The first-order valence-corrected chi connectivity index (χ1v) is 11.6. The lowest BCUT2D eigenvalue weighted by molar-refractivity contribution is 0.173. The van der Waals surface area contributed by atoms with E-state index in [1.54, 1.807) is 7.05 Å². The number of hydrogen-bond donors (Lipinski definition) is 3. The SMILES string of the molecule is CN=C(NCCCN(C(C)C)C(C)C)NCCS(=O)(=O)NCc1ccccc1. The van der Waals surface area contributed by atoms with E-state index in [4.69, 9.17) is 0 Å². The van der Waals surface area contributed by atoms with E-state index in [1.807, 2.05) is 30.3 Å². The Bertz CT molecular complexity index is 667. The smallest absolute Gasteiger partial charge is 0.213 e. The zero-order valence-corrected chi connectivity index (χ0v) is 18.7. The molecule has 8 heteroatoms. The highest BCUT2D eigenvalue weighted by atomic mass is 32.2. The van der Waals surface area contributed by atoms with E-state index < -0.39 is 10.0 Å². The molecule has 3 N–H and O–H groups in total. The molecule has 0 aliphatic heterocycles. The van der Waals surface area contributed by atoms with E-state index in [0.29, 0.717) is 31.1 Å². The molecule has 0 saturated heterocycles. The average molecular weight is 412 g/mol. The van der Waals surface area contributed by atoms with Crippen LogP contribution in [0.1, 0.15) is 39.7 Å². The van der Waals surface area contributed by atoms with Gasteiger partial charge in [0.1, 0.15) is 0 Å². The number of nitrogens with zero attached hydrogens (tertiary/aromatic N) is 2. The second-order valence-electron chi connectivity index (χ2n) is 7.33. The fraction of sp³-hybridized carbons (Fsp3) is 0.650.